The van der Waals surface area contributed by atoms with Crippen LogP contribution in [0.2, 0.25) is 0 Å². The van der Waals surface area contributed by atoms with E-state index in [1.165, 1.54) is 7.11 Å². The fourth-order valence-corrected chi connectivity index (χ4v) is 4.94. The number of rotatable bonds is 8. The normalized spacial score (nSPS) is 13.0. The number of esters is 1. The molecule has 41 heavy (non-hydrogen) atoms. The van der Waals surface area contributed by atoms with Crippen LogP contribution in [-0.2, 0) is 4.74 Å². The summed E-state index contributed by atoms with van der Waals surface area (Å²) in [5, 5.41) is 2.93. The quantitative estimate of drug-likeness (QED) is 0.271. The van der Waals surface area contributed by atoms with Crippen molar-refractivity contribution in [2.45, 2.75) is 6.10 Å². The van der Waals surface area contributed by atoms with E-state index in [1.807, 2.05) is 84.9 Å². The first-order chi connectivity index (χ1) is 20.1. The first-order valence-corrected chi connectivity index (χ1v) is 13.5. The van der Waals surface area contributed by atoms with Crippen LogP contribution < -0.4 is 19.7 Å². The average Bonchev–Trinajstić information content (AvgIpc) is 3.04. The van der Waals surface area contributed by atoms with Gasteiger partial charge in [-0.2, -0.15) is 0 Å². The molecule has 0 aromatic heterocycles. The predicted octanol–water partition coefficient (Wildman–Crippen LogP) is 6.00. The van der Waals surface area contributed by atoms with E-state index in [9.17, 15) is 9.59 Å². The molecule has 2 amide bonds. The largest absolute Gasteiger partial charge is 0.495 e. The van der Waals surface area contributed by atoms with Gasteiger partial charge in [-0.15, -0.1) is 0 Å². The number of carbonyl (C=O) groups is 2. The molecule has 0 bridgehead atoms. The first-order valence-electron chi connectivity index (χ1n) is 13.5. The minimum absolute atomic E-state index is 0.225. The van der Waals surface area contributed by atoms with Gasteiger partial charge >= 0.3 is 12.0 Å². The zero-order chi connectivity index (χ0) is 28.6. The number of carbonyl (C=O) groups excluding carboxylic acids is 2. The molecule has 0 aliphatic carbocycles. The maximum Gasteiger partial charge on any atom is 0.341 e. The molecule has 0 atom stereocenters. The van der Waals surface area contributed by atoms with Crippen LogP contribution in [0.3, 0.4) is 0 Å². The number of urea groups is 1. The lowest BCUT2D eigenvalue weighted by Gasteiger charge is -2.36. The second-order valence-corrected chi connectivity index (χ2v) is 9.60. The molecule has 1 saturated heterocycles. The molecular formula is C33H33N3O5. The smallest absolute Gasteiger partial charge is 0.341 e. The third-order valence-electron chi connectivity index (χ3n) is 7.08. The number of piperazine rings is 1. The van der Waals surface area contributed by atoms with E-state index in [-0.39, 0.29) is 11.6 Å². The fourth-order valence-electron chi connectivity index (χ4n) is 4.94. The molecule has 4 aromatic carbocycles. The lowest BCUT2D eigenvalue weighted by molar-refractivity contribution is 0.0594. The molecular weight excluding hydrogens is 518 g/mol. The summed E-state index contributed by atoms with van der Waals surface area (Å²) in [6.45, 7) is 2.44. The summed E-state index contributed by atoms with van der Waals surface area (Å²) in [4.78, 5) is 29.9. The summed E-state index contributed by atoms with van der Waals surface area (Å²) in [6.07, 6.45) is -0.444. The second-order valence-electron chi connectivity index (χ2n) is 9.60. The Morgan fingerprint density at radius 2 is 1.34 bits per heavy atom. The number of nitrogens with one attached hydrogen (secondary N) is 1. The summed E-state index contributed by atoms with van der Waals surface area (Å²) in [7, 11) is 2.98. The van der Waals surface area contributed by atoms with Gasteiger partial charge in [-0.25, -0.2) is 9.59 Å². The summed E-state index contributed by atoms with van der Waals surface area (Å²) < 4.78 is 17.0. The topological polar surface area (TPSA) is 80.3 Å². The lowest BCUT2D eigenvalue weighted by atomic mass is 10.0. The van der Waals surface area contributed by atoms with Crippen LogP contribution in [0.5, 0.6) is 11.5 Å². The Balaban J connectivity index is 1.31. The number of amides is 2. The van der Waals surface area contributed by atoms with Crippen LogP contribution >= 0.6 is 0 Å². The van der Waals surface area contributed by atoms with E-state index in [4.69, 9.17) is 14.2 Å². The van der Waals surface area contributed by atoms with Crippen molar-refractivity contribution in [1.29, 1.82) is 0 Å². The molecule has 5 rings (SSSR count). The number of benzene rings is 4. The predicted molar refractivity (Wildman–Crippen MR) is 159 cm³/mol. The number of anilines is 2. The molecule has 4 aromatic rings. The van der Waals surface area contributed by atoms with Crippen LogP contribution in [0.15, 0.2) is 103 Å². The zero-order valence-corrected chi connectivity index (χ0v) is 23.2. The van der Waals surface area contributed by atoms with Gasteiger partial charge in [-0.1, -0.05) is 72.8 Å². The Morgan fingerprint density at radius 3 is 1.95 bits per heavy atom. The van der Waals surface area contributed by atoms with E-state index in [2.05, 4.69) is 10.2 Å². The highest BCUT2D eigenvalue weighted by molar-refractivity contribution is 5.96. The highest BCUT2D eigenvalue weighted by atomic mass is 16.5. The lowest BCUT2D eigenvalue weighted by Crippen LogP contribution is -2.50. The Hall–Kier alpha value is -4.98. The average molecular weight is 552 g/mol. The van der Waals surface area contributed by atoms with Gasteiger partial charge in [0.1, 0.15) is 23.2 Å². The summed E-state index contributed by atoms with van der Waals surface area (Å²) in [5.41, 5.74) is 3.60. The van der Waals surface area contributed by atoms with Gasteiger partial charge in [0.15, 0.2) is 0 Å². The number of nitrogens with zero attached hydrogens (tertiary/aromatic N) is 2. The summed E-state index contributed by atoms with van der Waals surface area (Å²) >= 11 is 0. The fraction of sp³-hybridized carbons (Fsp3) is 0.212. The zero-order valence-electron chi connectivity index (χ0n) is 23.2. The molecule has 0 spiro atoms. The molecule has 1 heterocycles. The first kappa shape index (κ1) is 27.6. The van der Waals surface area contributed by atoms with Crippen molar-refractivity contribution in [1.82, 2.24) is 4.90 Å². The SMILES string of the molecule is COC(=O)c1cc(NC(=O)N2CCN(c3ccccc3OC)CC2)ccc1OC(c1ccccc1)c1ccccc1. The van der Waals surface area contributed by atoms with Gasteiger partial charge in [0, 0.05) is 31.9 Å². The molecule has 1 fully saturated rings. The van der Waals surface area contributed by atoms with Gasteiger partial charge in [0.25, 0.3) is 0 Å². The third-order valence-corrected chi connectivity index (χ3v) is 7.08. The number of ether oxygens (including phenoxy) is 3. The van der Waals surface area contributed by atoms with Crippen molar-refractivity contribution < 1.29 is 23.8 Å². The Kier molecular flexibility index (Phi) is 8.69. The number of hydrogen-bond donors (Lipinski definition) is 1. The summed E-state index contributed by atoms with van der Waals surface area (Å²) in [5.74, 6) is 0.615. The minimum Gasteiger partial charge on any atom is -0.495 e. The number of hydrogen-bond acceptors (Lipinski definition) is 6. The summed E-state index contributed by atoms with van der Waals surface area (Å²) in [6, 6.07) is 32.3. The monoisotopic (exact) mass is 551 g/mol. The van der Waals surface area contributed by atoms with Crippen molar-refractivity contribution in [2.75, 3.05) is 50.6 Å². The van der Waals surface area contributed by atoms with E-state index in [0.717, 1.165) is 22.6 Å². The van der Waals surface area contributed by atoms with Crippen molar-refractivity contribution in [2.24, 2.45) is 0 Å². The highest BCUT2D eigenvalue weighted by Gasteiger charge is 2.25. The van der Waals surface area contributed by atoms with Crippen molar-refractivity contribution in [3.05, 3.63) is 120 Å². The van der Waals surface area contributed by atoms with Crippen LogP contribution in [0, 0.1) is 0 Å². The molecule has 1 aliphatic heterocycles. The standard InChI is InChI=1S/C33H33N3O5/c1-39-30-16-10-9-15-28(30)35-19-21-36(22-20-35)33(38)34-26-17-18-29(27(23-26)32(37)40-2)41-31(24-11-5-3-6-12-24)25-13-7-4-8-14-25/h3-18,23,31H,19-22H2,1-2H3,(H,34,38). The number of methoxy groups -OCH3 is 2. The van der Waals surface area contributed by atoms with Crippen molar-refractivity contribution in [3.63, 3.8) is 0 Å². The Bertz CT molecular complexity index is 1430. The third kappa shape index (κ3) is 6.44. The van der Waals surface area contributed by atoms with Gasteiger partial charge in [-0.05, 0) is 41.5 Å². The molecule has 0 saturated carbocycles. The van der Waals surface area contributed by atoms with Crippen molar-refractivity contribution in [3.8, 4) is 11.5 Å². The minimum atomic E-state index is -0.554. The Morgan fingerprint density at radius 1 is 0.732 bits per heavy atom. The van der Waals surface area contributed by atoms with Gasteiger partial charge in [-0.3, -0.25) is 0 Å². The van der Waals surface area contributed by atoms with Crippen molar-refractivity contribution >= 4 is 23.4 Å². The van der Waals surface area contributed by atoms with Gasteiger partial charge in [0.05, 0.1) is 19.9 Å². The molecule has 1 N–H and O–H groups in total. The highest BCUT2D eigenvalue weighted by Crippen LogP contribution is 2.33. The maximum absolute atomic E-state index is 13.1. The van der Waals surface area contributed by atoms with Crippen LogP contribution in [0.4, 0.5) is 16.2 Å². The number of para-hydroxylation sites is 2. The molecule has 1 aliphatic rings. The molecule has 0 radical (unpaired) electrons. The molecule has 210 valence electrons. The van der Waals surface area contributed by atoms with Crippen LogP contribution in [-0.4, -0.2) is 57.3 Å². The van der Waals surface area contributed by atoms with Gasteiger partial charge < -0.3 is 29.3 Å². The molecule has 0 unspecified atom stereocenters. The van der Waals surface area contributed by atoms with E-state index in [0.29, 0.717) is 37.6 Å². The molecule has 8 heteroatoms. The Labute approximate surface area is 240 Å². The second kappa shape index (κ2) is 12.9. The maximum atomic E-state index is 13.1. The van der Waals surface area contributed by atoms with Gasteiger partial charge in [0.2, 0.25) is 0 Å². The van der Waals surface area contributed by atoms with E-state index < -0.39 is 12.1 Å². The van der Waals surface area contributed by atoms with Crippen LogP contribution in [0.1, 0.15) is 27.6 Å². The van der Waals surface area contributed by atoms with E-state index >= 15 is 0 Å². The molecule has 8 nitrogen and oxygen atoms in total. The van der Waals surface area contributed by atoms with E-state index in [1.54, 1.807) is 30.2 Å². The van der Waals surface area contributed by atoms with Crippen LogP contribution in [0.25, 0.3) is 0 Å².